The van der Waals surface area contributed by atoms with Crippen molar-refractivity contribution in [1.82, 2.24) is 4.72 Å². The van der Waals surface area contributed by atoms with Crippen molar-refractivity contribution < 1.29 is 8.95 Å². The lowest BCUT2D eigenvalue weighted by atomic mass is 10.2. The summed E-state index contributed by atoms with van der Waals surface area (Å²) in [5.41, 5.74) is 1.03. The summed E-state index contributed by atoms with van der Waals surface area (Å²) in [6.07, 6.45) is 3.59. The van der Waals surface area contributed by atoms with Crippen LogP contribution in [0.15, 0.2) is 30.5 Å². The first-order valence-corrected chi connectivity index (χ1v) is 6.57. The van der Waals surface area contributed by atoms with E-state index in [-0.39, 0.29) is 4.75 Å². The summed E-state index contributed by atoms with van der Waals surface area (Å²) in [4.78, 5) is 0. The Morgan fingerprint density at radius 1 is 1.24 bits per heavy atom. The fourth-order valence-corrected chi connectivity index (χ4v) is 1.63. The highest BCUT2D eigenvalue weighted by Crippen LogP contribution is 2.12. The summed E-state index contributed by atoms with van der Waals surface area (Å²) in [5, 5.41) is 0. The second-order valence-corrected chi connectivity index (χ2v) is 6.60. The Balaban J connectivity index is 2.56. The van der Waals surface area contributed by atoms with Crippen LogP contribution >= 0.6 is 0 Å². The van der Waals surface area contributed by atoms with Gasteiger partial charge < -0.3 is 9.46 Å². The van der Waals surface area contributed by atoms with Crippen molar-refractivity contribution in [3.8, 4) is 5.75 Å². The van der Waals surface area contributed by atoms with Crippen LogP contribution in [0.2, 0.25) is 0 Å². The van der Waals surface area contributed by atoms with Gasteiger partial charge in [-0.25, -0.2) is 4.21 Å². The van der Waals surface area contributed by atoms with E-state index in [0.29, 0.717) is 0 Å². The fourth-order valence-electron chi connectivity index (χ4n) is 1.08. The molecule has 1 rings (SSSR count). The third kappa shape index (κ3) is 4.61. The summed E-state index contributed by atoms with van der Waals surface area (Å²) in [7, 11) is 0.559. The highest BCUT2D eigenvalue weighted by molar-refractivity contribution is 7.84. The minimum absolute atomic E-state index is 0.260. The van der Waals surface area contributed by atoms with E-state index in [1.807, 2.05) is 51.1 Å². The van der Waals surface area contributed by atoms with Crippen molar-refractivity contribution in [3.63, 3.8) is 0 Å². The van der Waals surface area contributed by atoms with E-state index in [9.17, 15) is 4.21 Å². The molecule has 0 aliphatic carbocycles. The molecule has 1 atom stereocenters. The number of hydrogen-bond donors (Lipinski definition) is 1. The molecule has 0 saturated carbocycles. The van der Waals surface area contributed by atoms with Crippen molar-refractivity contribution in [2.75, 3.05) is 7.11 Å². The van der Waals surface area contributed by atoms with Crippen molar-refractivity contribution in [2.24, 2.45) is 0 Å². The molecule has 0 aliphatic heterocycles. The normalized spacial score (nSPS) is 13.6. The second-order valence-electron chi connectivity index (χ2n) is 4.61. The van der Waals surface area contributed by atoms with Crippen molar-refractivity contribution in [3.05, 3.63) is 36.0 Å². The minimum Gasteiger partial charge on any atom is -0.497 e. The van der Waals surface area contributed by atoms with Gasteiger partial charge in [0, 0.05) is 6.20 Å². The highest BCUT2D eigenvalue weighted by Gasteiger charge is 2.17. The molecule has 17 heavy (non-hydrogen) atoms. The van der Waals surface area contributed by atoms with E-state index in [1.165, 1.54) is 0 Å². The average Bonchev–Trinajstić information content (AvgIpc) is 2.28. The van der Waals surface area contributed by atoms with E-state index in [2.05, 4.69) is 4.72 Å². The first kappa shape index (κ1) is 13.8. The van der Waals surface area contributed by atoms with E-state index < -0.39 is 11.0 Å². The van der Waals surface area contributed by atoms with Gasteiger partial charge in [0.15, 0.2) is 0 Å². The van der Waals surface area contributed by atoms with Crippen LogP contribution in [-0.4, -0.2) is 16.1 Å². The Bertz CT molecular complexity index is 404. The van der Waals surface area contributed by atoms with E-state index in [1.54, 1.807) is 13.3 Å². The zero-order chi connectivity index (χ0) is 12.9. The van der Waals surface area contributed by atoms with Gasteiger partial charge in [0.2, 0.25) is 0 Å². The van der Waals surface area contributed by atoms with Crippen LogP contribution in [0.5, 0.6) is 5.75 Å². The zero-order valence-corrected chi connectivity index (χ0v) is 11.5. The molecule has 4 heteroatoms. The summed E-state index contributed by atoms with van der Waals surface area (Å²) >= 11 is 0. The van der Waals surface area contributed by atoms with Gasteiger partial charge in [-0.2, -0.15) is 0 Å². The lowest BCUT2D eigenvalue weighted by Crippen LogP contribution is -2.30. The lowest BCUT2D eigenvalue weighted by Gasteiger charge is -2.16. The zero-order valence-electron chi connectivity index (χ0n) is 10.7. The maximum atomic E-state index is 11.7. The minimum atomic E-state index is -1.08. The number of benzene rings is 1. The average molecular weight is 253 g/mol. The van der Waals surface area contributed by atoms with Crippen LogP contribution < -0.4 is 9.46 Å². The van der Waals surface area contributed by atoms with Crippen LogP contribution in [-0.2, 0) is 11.0 Å². The lowest BCUT2D eigenvalue weighted by molar-refractivity contribution is 0.415. The van der Waals surface area contributed by atoms with Gasteiger partial charge >= 0.3 is 0 Å². The van der Waals surface area contributed by atoms with Crippen molar-refractivity contribution >= 4 is 17.1 Å². The Kier molecular flexibility index (Phi) is 4.75. The topological polar surface area (TPSA) is 38.3 Å². The molecule has 1 N–H and O–H groups in total. The van der Waals surface area contributed by atoms with E-state index in [4.69, 9.17) is 4.74 Å². The van der Waals surface area contributed by atoms with Crippen LogP contribution in [0.3, 0.4) is 0 Å². The molecular weight excluding hydrogens is 234 g/mol. The monoisotopic (exact) mass is 253 g/mol. The van der Waals surface area contributed by atoms with Gasteiger partial charge in [0.1, 0.15) is 16.7 Å². The molecule has 0 amide bonds. The highest BCUT2D eigenvalue weighted by atomic mass is 32.2. The molecule has 94 valence electrons. The maximum absolute atomic E-state index is 11.7. The number of ether oxygens (including phenoxy) is 1. The molecule has 0 spiro atoms. The van der Waals surface area contributed by atoms with Gasteiger partial charge in [-0.05, 0) is 44.5 Å². The molecule has 1 aromatic carbocycles. The Labute approximate surface area is 105 Å². The van der Waals surface area contributed by atoms with Crippen LogP contribution in [0.25, 0.3) is 6.08 Å². The SMILES string of the molecule is COc1ccc(/C=C\N[S@](=O)C(C)(C)C)cc1. The summed E-state index contributed by atoms with van der Waals surface area (Å²) in [6.45, 7) is 5.78. The molecule has 1 aromatic rings. The van der Waals surface area contributed by atoms with E-state index in [0.717, 1.165) is 11.3 Å². The quantitative estimate of drug-likeness (QED) is 0.896. The van der Waals surface area contributed by atoms with Crippen molar-refractivity contribution in [2.45, 2.75) is 25.5 Å². The molecule has 0 unspecified atom stereocenters. The fraction of sp³-hybridized carbons (Fsp3) is 0.385. The van der Waals surface area contributed by atoms with Crippen LogP contribution in [0, 0.1) is 0 Å². The first-order chi connectivity index (χ1) is 7.93. The molecule has 0 bridgehead atoms. The molecular formula is C13H19NO2S. The van der Waals surface area contributed by atoms with Gasteiger partial charge in [0.25, 0.3) is 0 Å². The molecule has 0 fully saturated rings. The molecule has 0 aromatic heterocycles. The van der Waals surface area contributed by atoms with Gasteiger partial charge in [0.05, 0.1) is 11.9 Å². The van der Waals surface area contributed by atoms with Crippen molar-refractivity contribution in [1.29, 1.82) is 0 Å². The summed E-state index contributed by atoms with van der Waals surface area (Å²) in [5.74, 6) is 0.827. The number of hydrogen-bond acceptors (Lipinski definition) is 2. The Hall–Kier alpha value is -1.29. The second kappa shape index (κ2) is 5.87. The van der Waals surface area contributed by atoms with Crippen LogP contribution in [0.4, 0.5) is 0 Å². The smallest absolute Gasteiger partial charge is 0.122 e. The predicted molar refractivity (Wildman–Crippen MR) is 73.1 cm³/mol. The van der Waals surface area contributed by atoms with Gasteiger partial charge in [-0.3, -0.25) is 0 Å². The Morgan fingerprint density at radius 3 is 2.29 bits per heavy atom. The summed E-state index contributed by atoms with van der Waals surface area (Å²) in [6, 6.07) is 7.66. The molecule has 0 heterocycles. The standard InChI is InChI=1S/C13H19NO2S/c1-13(2,3)17(15)14-10-9-11-5-7-12(16-4)8-6-11/h5-10,14H,1-4H3/b10-9-/t17-/m1/s1. The third-order valence-electron chi connectivity index (χ3n) is 2.12. The molecule has 0 radical (unpaired) electrons. The number of methoxy groups -OCH3 is 1. The maximum Gasteiger partial charge on any atom is 0.122 e. The predicted octanol–water partition coefficient (Wildman–Crippen LogP) is 2.72. The molecule has 0 saturated heterocycles. The largest absolute Gasteiger partial charge is 0.497 e. The summed E-state index contributed by atoms with van der Waals surface area (Å²) < 4.78 is 19.4. The first-order valence-electron chi connectivity index (χ1n) is 5.42. The Morgan fingerprint density at radius 2 is 1.82 bits per heavy atom. The molecule has 3 nitrogen and oxygen atoms in total. The third-order valence-corrected chi connectivity index (χ3v) is 3.59. The van der Waals surface area contributed by atoms with Gasteiger partial charge in [-0.1, -0.05) is 12.1 Å². The van der Waals surface area contributed by atoms with Crippen LogP contribution in [0.1, 0.15) is 26.3 Å². The number of rotatable bonds is 4. The molecule has 0 aliphatic rings. The number of nitrogens with one attached hydrogen (secondary N) is 1. The van der Waals surface area contributed by atoms with Gasteiger partial charge in [-0.15, -0.1) is 0 Å². The van der Waals surface area contributed by atoms with E-state index >= 15 is 0 Å².